The van der Waals surface area contributed by atoms with Crippen molar-refractivity contribution in [3.8, 4) is 11.5 Å². The van der Waals surface area contributed by atoms with Crippen LogP contribution in [0.2, 0.25) is 0 Å². The Bertz CT molecular complexity index is 1240. The number of hydrogen-bond acceptors (Lipinski definition) is 6. The van der Waals surface area contributed by atoms with Gasteiger partial charge in [-0.2, -0.15) is 10.2 Å². The highest BCUT2D eigenvalue weighted by molar-refractivity contribution is 5.99. The maximum atomic E-state index is 12.9. The van der Waals surface area contributed by atoms with Gasteiger partial charge in [-0.15, -0.1) is 0 Å². The minimum absolute atomic E-state index is 0.268. The van der Waals surface area contributed by atoms with Gasteiger partial charge in [0.25, 0.3) is 5.56 Å². The summed E-state index contributed by atoms with van der Waals surface area (Å²) in [6.45, 7) is -0.268. The number of nitrogens with zero attached hydrogens (tertiary/aromatic N) is 3. The lowest BCUT2D eigenvalue weighted by Gasteiger charge is -2.11. The van der Waals surface area contributed by atoms with Crippen LogP contribution < -0.4 is 20.3 Å². The van der Waals surface area contributed by atoms with Crippen LogP contribution >= 0.6 is 0 Å². The summed E-state index contributed by atoms with van der Waals surface area (Å²) in [4.78, 5) is 25.4. The average Bonchev–Trinajstić information content (AvgIpc) is 3.12. The fraction of sp³-hybridized carbons (Fsp3) is 0.158. The van der Waals surface area contributed by atoms with Gasteiger partial charge in [-0.25, -0.2) is 4.68 Å². The van der Waals surface area contributed by atoms with Crippen LogP contribution in [-0.4, -0.2) is 40.1 Å². The molecule has 0 unspecified atom stereocenters. The monoisotopic (exact) mass is 379 g/mol. The first-order valence-corrected chi connectivity index (χ1v) is 8.46. The molecule has 0 aliphatic carbocycles. The van der Waals surface area contributed by atoms with Gasteiger partial charge in [0.1, 0.15) is 6.54 Å². The lowest BCUT2D eigenvalue weighted by atomic mass is 10.1. The highest BCUT2D eigenvalue weighted by atomic mass is 16.5. The number of carbonyl (C=O) groups is 1. The van der Waals surface area contributed by atoms with Crippen LogP contribution in [0, 0.1) is 0 Å². The number of H-pyrrole nitrogens is 1. The summed E-state index contributed by atoms with van der Waals surface area (Å²) >= 11 is 0. The Hall–Kier alpha value is -3.88. The van der Waals surface area contributed by atoms with Gasteiger partial charge in [0.05, 0.1) is 31.3 Å². The number of aromatic nitrogens is 4. The Balaban J connectivity index is 1.67. The van der Waals surface area contributed by atoms with Gasteiger partial charge >= 0.3 is 0 Å². The highest BCUT2D eigenvalue weighted by Gasteiger charge is 2.16. The van der Waals surface area contributed by atoms with Gasteiger partial charge in [0.15, 0.2) is 17.3 Å². The predicted octanol–water partition coefficient (Wildman–Crippen LogP) is 1.93. The largest absolute Gasteiger partial charge is 0.493 e. The van der Waals surface area contributed by atoms with Crippen molar-refractivity contribution in [1.29, 1.82) is 0 Å². The number of fused-ring (bicyclic) bond motifs is 2. The number of amides is 1. The molecule has 0 fully saturated rings. The minimum Gasteiger partial charge on any atom is -0.493 e. The first-order valence-electron chi connectivity index (χ1n) is 8.46. The molecule has 2 heterocycles. The molecule has 0 spiro atoms. The molecule has 2 N–H and O–H groups in total. The molecule has 0 atom stereocenters. The summed E-state index contributed by atoms with van der Waals surface area (Å²) in [7, 11) is 2.95. The van der Waals surface area contributed by atoms with Crippen molar-refractivity contribution in [3.63, 3.8) is 0 Å². The first-order chi connectivity index (χ1) is 13.6. The zero-order valence-electron chi connectivity index (χ0n) is 15.2. The molecule has 0 saturated carbocycles. The maximum Gasteiger partial charge on any atom is 0.279 e. The molecular weight excluding hydrogens is 362 g/mol. The van der Waals surface area contributed by atoms with E-state index in [1.165, 1.54) is 20.4 Å². The number of hydrogen-bond donors (Lipinski definition) is 2. The molecule has 2 aromatic heterocycles. The SMILES string of the molecule is COc1ccc2cnn(CC(=O)Nc3n[nH]c4ccccc34)c(=O)c2c1OC. The van der Waals surface area contributed by atoms with E-state index in [2.05, 4.69) is 20.6 Å². The number of carbonyl (C=O) groups excluding carboxylic acids is 1. The molecule has 2 aromatic carbocycles. The molecule has 0 saturated heterocycles. The normalized spacial score (nSPS) is 10.9. The van der Waals surface area contributed by atoms with Gasteiger partial charge in [-0.05, 0) is 24.3 Å². The summed E-state index contributed by atoms with van der Waals surface area (Å²) in [5, 5.41) is 15.4. The number of anilines is 1. The zero-order valence-corrected chi connectivity index (χ0v) is 15.2. The highest BCUT2D eigenvalue weighted by Crippen LogP contribution is 2.32. The second kappa shape index (κ2) is 7.03. The topological polar surface area (TPSA) is 111 Å². The van der Waals surface area contributed by atoms with Crippen LogP contribution in [0.15, 0.2) is 47.4 Å². The smallest absolute Gasteiger partial charge is 0.279 e. The van der Waals surface area contributed by atoms with Crippen LogP contribution in [0.5, 0.6) is 11.5 Å². The molecule has 28 heavy (non-hydrogen) atoms. The Morgan fingerprint density at radius 2 is 2.00 bits per heavy atom. The molecule has 9 heteroatoms. The molecule has 0 aliphatic heterocycles. The number of benzene rings is 2. The molecular formula is C19H17N5O4. The third-order valence-electron chi connectivity index (χ3n) is 4.38. The second-order valence-corrected chi connectivity index (χ2v) is 6.04. The number of rotatable bonds is 5. The predicted molar refractivity (Wildman–Crippen MR) is 104 cm³/mol. The maximum absolute atomic E-state index is 12.9. The fourth-order valence-electron chi connectivity index (χ4n) is 3.06. The minimum atomic E-state index is -0.449. The molecule has 0 radical (unpaired) electrons. The van der Waals surface area contributed by atoms with E-state index in [0.717, 1.165) is 15.6 Å². The van der Waals surface area contributed by atoms with E-state index in [4.69, 9.17) is 9.47 Å². The van der Waals surface area contributed by atoms with Crippen molar-refractivity contribution in [2.45, 2.75) is 6.54 Å². The van der Waals surface area contributed by atoms with Crippen LogP contribution in [0.1, 0.15) is 0 Å². The molecule has 9 nitrogen and oxygen atoms in total. The number of ether oxygens (including phenoxy) is 2. The quantitative estimate of drug-likeness (QED) is 0.548. The van der Waals surface area contributed by atoms with E-state index in [0.29, 0.717) is 28.1 Å². The number of para-hydroxylation sites is 1. The van der Waals surface area contributed by atoms with E-state index >= 15 is 0 Å². The standard InChI is InChI=1S/C19H17N5O4/c1-27-14-8-7-11-9-20-24(19(26)16(11)17(14)28-2)10-15(25)21-18-12-5-3-4-6-13(12)22-23-18/h3-9H,10H2,1-2H3,(H2,21,22,23,25). The molecule has 4 rings (SSSR count). The number of methoxy groups -OCH3 is 2. The third kappa shape index (κ3) is 2.92. The van der Waals surface area contributed by atoms with Crippen molar-refractivity contribution in [3.05, 3.63) is 52.9 Å². The second-order valence-electron chi connectivity index (χ2n) is 6.04. The van der Waals surface area contributed by atoms with Crippen LogP contribution in [-0.2, 0) is 11.3 Å². The van der Waals surface area contributed by atoms with Gasteiger partial charge < -0.3 is 14.8 Å². The molecule has 0 aliphatic rings. The van der Waals surface area contributed by atoms with Crippen LogP contribution in [0.4, 0.5) is 5.82 Å². The van der Waals surface area contributed by atoms with Crippen molar-refractivity contribution < 1.29 is 14.3 Å². The van der Waals surface area contributed by atoms with Crippen LogP contribution in [0.25, 0.3) is 21.7 Å². The summed E-state index contributed by atoms with van der Waals surface area (Å²) in [5.41, 5.74) is 0.353. The third-order valence-corrected chi connectivity index (χ3v) is 4.38. The van der Waals surface area contributed by atoms with E-state index < -0.39 is 11.5 Å². The van der Waals surface area contributed by atoms with Crippen molar-refractivity contribution >= 4 is 33.4 Å². The van der Waals surface area contributed by atoms with Gasteiger partial charge in [-0.1, -0.05) is 12.1 Å². The van der Waals surface area contributed by atoms with Crippen molar-refractivity contribution in [2.24, 2.45) is 0 Å². The summed E-state index contributed by atoms with van der Waals surface area (Å²) in [6.07, 6.45) is 1.51. The van der Waals surface area contributed by atoms with Crippen molar-refractivity contribution in [2.75, 3.05) is 19.5 Å². The van der Waals surface area contributed by atoms with E-state index in [1.807, 2.05) is 24.3 Å². The summed E-state index contributed by atoms with van der Waals surface area (Å²) in [5.74, 6) is 0.707. The number of aromatic amines is 1. The lowest BCUT2D eigenvalue weighted by Crippen LogP contribution is -2.29. The van der Waals surface area contributed by atoms with Gasteiger partial charge in [0, 0.05) is 10.8 Å². The van der Waals surface area contributed by atoms with E-state index in [1.54, 1.807) is 12.1 Å². The lowest BCUT2D eigenvalue weighted by molar-refractivity contribution is -0.117. The Morgan fingerprint density at radius 1 is 1.18 bits per heavy atom. The molecule has 4 aromatic rings. The van der Waals surface area contributed by atoms with Crippen molar-refractivity contribution in [1.82, 2.24) is 20.0 Å². The van der Waals surface area contributed by atoms with E-state index in [9.17, 15) is 9.59 Å². The van der Waals surface area contributed by atoms with Crippen LogP contribution in [0.3, 0.4) is 0 Å². The molecule has 142 valence electrons. The summed E-state index contributed by atoms with van der Waals surface area (Å²) in [6, 6.07) is 10.8. The molecule has 0 bridgehead atoms. The van der Waals surface area contributed by atoms with Gasteiger partial charge in [-0.3, -0.25) is 14.7 Å². The average molecular weight is 379 g/mol. The zero-order chi connectivity index (χ0) is 19.7. The summed E-state index contributed by atoms with van der Waals surface area (Å²) < 4.78 is 11.7. The van der Waals surface area contributed by atoms with Gasteiger partial charge in [0.2, 0.25) is 5.91 Å². The van der Waals surface area contributed by atoms with E-state index in [-0.39, 0.29) is 6.54 Å². The first kappa shape index (κ1) is 17.5. The number of nitrogens with one attached hydrogen (secondary N) is 2. The Morgan fingerprint density at radius 3 is 2.79 bits per heavy atom. The molecule has 1 amide bonds. The fourth-order valence-corrected chi connectivity index (χ4v) is 3.06. The Labute approximate surface area is 158 Å². The Kier molecular flexibility index (Phi) is 4.40.